The molecule has 0 radical (unpaired) electrons. The van der Waals surface area contributed by atoms with Crippen molar-refractivity contribution in [1.82, 2.24) is 4.90 Å². The fourth-order valence-corrected chi connectivity index (χ4v) is 2.82. The molecule has 0 fully saturated rings. The first-order chi connectivity index (χ1) is 12.3. The molecule has 1 rings (SSSR count). The summed E-state index contributed by atoms with van der Waals surface area (Å²) in [5.74, 6) is -0.324. The molecular weight excluding hydrogens is 328 g/mol. The summed E-state index contributed by atoms with van der Waals surface area (Å²) in [6.45, 7) is 7.83. The third kappa shape index (κ3) is 6.64. The molecule has 1 amide bonds. The zero-order chi connectivity index (χ0) is 19.7. The molecule has 144 valence electrons. The minimum atomic E-state index is -0.572. The number of rotatable bonds is 9. The van der Waals surface area contributed by atoms with Crippen LogP contribution < -0.4 is 5.73 Å². The Morgan fingerprint density at radius 1 is 1.23 bits per heavy atom. The lowest BCUT2D eigenvalue weighted by Crippen LogP contribution is -2.48. The van der Waals surface area contributed by atoms with Crippen LogP contribution >= 0.6 is 0 Å². The summed E-state index contributed by atoms with van der Waals surface area (Å²) in [4.78, 5) is 26.3. The first kappa shape index (κ1) is 21.9. The number of nitrogens with two attached hydrogens (primary N) is 1. The fraction of sp³-hybridized carbons (Fsp3) is 0.524. The molecule has 5 heteroatoms. The molecule has 0 heterocycles. The highest BCUT2D eigenvalue weighted by molar-refractivity contribution is 5.88. The average Bonchev–Trinajstić information content (AvgIpc) is 2.63. The van der Waals surface area contributed by atoms with Gasteiger partial charge in [0.25, 0.3) is 0 Å². The quantitative estimate of drug-likeness (QED) is 0.543. The van der Waals surface area contributed by atoms with Crippen LogP contribution in [0.5, 0.6) is 0 Å². The van der Waals surface area contributed by atoms with Crippen LogP contribution in [0.2, 0.25) is 0 Å². The topological polar surface area (TPSA) is 72.6 Å². The maximum Gasteiger partial charge on any atom is 0.333 e. The van der Waals surface area contributed by atoms with Crippen LogP contribution in [0.3, 0.4) is 0 Å². The number of esters is 1. The zero-order valence-corrected chi connectivity index (χ0v) is 16.6. The van der Waals surface area contributed by atoms with Gasteiger partial charge in [0, 0.05) is 12.6 Å². The largest absolute Gasteiger partial charge is 0.463 e. The average molecular weight is 360 g/mol. The fourth-order valence-electron chi connectivity index (χ4n) is 2.82. The van der Waals surface area contributed by atoms with Gasteiger partial charge in [0.05, 0.1) is 18.7 Å². The van der Waals surface area contributed by atoms with E-state index in [1.807, 2.05) is 44.2 Å². The number of hydrogen-bond acceptors (Lipinski definition) is 4. The van der Waals surface area contributed by atoms with E-state index in [0.29, 0.717) is 18.6 Å². The van der Waals surface area contributed by atoms with E-state index in [2.05, 4.69) is 0 Å². The van der Waals surface area contributed by atoms with Gasteiger partial charge in [-0.05, 0) is 38.2 Å². The second-order valence-corrected chi connectivity index (χ2v) is 6.88. The number of hydrogen-bond donors (Lipinski definition) is 1. The Morgan fingerprint density at radius 2 is 1.85 bits per heavy atom. The molecule has 0 saturated heterocycles. The van der Waals surface area contributed by atoms with Gasteiger partial charge in [-0.25, -0.2) is 4.79 Å². The van der Waals surface area contributed by atoms with Gasteiger partial charge in [-0.3, -0.25) is 4.79 Å². The van der Waals surface area contributed by atoms with Crippen LogP contribution in [0.1, 0.15) is 39.7 Å². The van der Waals surface area contributed by atoms with Crippen molar-refractivity contribution in [3.05, 3.63) is 47.5 Å². The first-order valence-electron chi connectivity index (χ1n) is 9.19. The van der Waals surface area contributed by atoms with Crippen molar-refractivity contribution in [2.24, 2.45) is 11.7 Å². The Balaban J connectivity index is 2.77. The highest BCUT2D eigenvalue weighted by atomic mass is 16.5. The Bertz CT molecular complexity index is 611. The molecule has 1 aromatic rings. The van der Waals surface area contributed by atoms with E-state index < -0.39 is 6.04 Å². The van der Waals surface area contributed by atoms with Crippen molar-refractivity contribution in [2.75, 3.05) is 13.7 Å². The van der Waals surface area contributed by atoms with E-state index in [1.54, 1.807) is 31.9 Å². The van der Waals surface area contributed by atoms with Gasteiger partial charge in [0.15, 0.2) is 0 Å². The van der Waals surface area contributed by atoms with Crippen LogP contribution in [0, 0.1) is 5.92 Å². The lowest BCUT2D eigenvalue weighted by atomic mass is 9.98. The Labute approximate surface area is 157 Å². The molecule has 0 aliphatic carbocycles. The van der Waals surface area contributed by atoms with Gasteiger partial charge in [0.1, 0.15) is 0 Å². The van der Waals surface area contributed by atoms with Crippen molar-refractivity contribution >= 4 is 11.9 Å². The van der Waals surface area contributed by atoms with Gasteiger partial charge >= 0.3 is 5.97 Å². The normalized spacial score (nSPS) is 14.0. The predicted octanol–water partition coefficient (Wildman–Crippen LogP) is 2.94. The maximum absolute atomic E-state index is 12.7. The van der Waals surface area contributed by atoms with Crippen LogP contribution in [-0.2, 0) is 20.7 Å². The number of benzene rings is 1. The molecule has 5 nitrogen and oxygen atoms in total. The Kier molecular flexibility index (Phi) is 9.07. The summed E-state index contributed by atoms with van der Waals surface area (Å²) in [6, 6.07) is 9.20. The van der Waals surface area contributed by atoms with E-state index in [0.717, 1.165) is 12.0 Å². The molecule has 0 bridgehead atoms. The molecule has 0 unspecified atom stereocenters. The molecule has 0 aliphatic rings. The SMILES string of the molecule is CCOC(=O)/C(C)=C/[C@H](C(C)C)N(C)C(=O)[C@@H](N)CCc1ccccc1. The van der Waals surface area contributed by atoms with Crippen LogP contribution in [-0.4, -0.2) is 42.5 Å². The van der Waals surface area contributed by atoms with Gasteiger partial charge in [-0.2, -0.15) is 0 Å². The molecule has 2 atom stereocenters. The lowest BCUT2D eigenvalue weighted by molar-refractivity contribution is -0.139. The lowest BCUT2D eigenvalue weighted by Gasteiger charge is -2.31. The van der Waals surface area contributed by atoms with Crippen molar-refractivity contribution in [2.45, 2.75) is 52.6 Å². The monoisotopic (exact) mass is 360 g/mol. The molecule has 2 N–H and O–H groups in total. The molecule has 26 heavy (non-hydrogen) atoms. The van der Waals surface area contributed by atoms with Crippen molar-refractivity contribution in [3.8, 4) is 0 Å². The molecule has 0 aromatic heterocycles. The standard InChI is InChI=1S/C21H32N2O3/c1-6-26-21(25)16(4)14-19(15(2)3)23(5)20(24)18(22)13-12-17-10-8-7-9-11-17/h7-11,14-15,18-19H,6,12-13,22H2,1-5H3/b16-14+/t18-,19+/m0/s1. The van der Waals surface area contributed by atoms with Crippen LogP contribution in [0.25, 0.3) is 0 Å². The summed E-state index contributed by atoms with van der Waals surface area (Å²) in [6.07, 6.45) is 3.13. The number of nitrogens with zero attached hydrogens (tertiary/aromatic N) is 1. The van der Waals surface area contributed by atoms with Crippen molar-refractivity contribution in [1.29, 1.82) is 0 Å². The Hall–Kier alpha value is -2.14. The summed E-state index contributed by atoms with van der Waals surface area (Å²) in [5.41, 5.74) is 7.81. The summed E-state index contributed by atoms with van der Waals surface area (Å²) >= 11 is 0. The Morgan fingerprint density at radius 3 is 2.38 bits per heavy atom. The maximum atomic E-state index is 12.7. The summed E-state index contributed by atoms with van der Waals surface area (Å²) in [7, 11) is 1.74. The number of likely N-dealkylation sites (N-methyl/N-ethyl adjacent to an activating group) is 1. The third-order valence-electron chi connectivity index (χ3n) is 4.40. The summed E-state index contributed by atoms with van der Waals surface area (Å²) in [5, 5.41) is 0. The van der Waals surface area contributed by atoms with E-state index in [4.69, 9.17) is 10.5 Å². The van der Waals surface area contributed by atoms with E-state index in [1.165, 1.54) is 0 Å². The minimum absolute atomic E-state index is 0.118. The van der Waals surface area contributed by atoms with Crippen molar-refractivity contribution in [3.63, 3.8) is 0 Å². The molecular formula is C21H32N2O3. The molecule has 0 spiro atoms. The van der Waals surface area contributed by atoms with Gasteiger partial charge in [-0.1, -0.05) is 50.3 Å². The second kappa shape index (κ2) is 10.8. The van der Waals surface area contributed by atoms with Gasteiger partial charge in [0.2, 0.25) is 5.91 Å². The zero-order valence-electron chi connectivity index (χ0n) is 16.6. The number of ether oxygens (including phenoxy) is 1. The second-order valence-electron chi connectivity index (χ2n) is 6.88. The first-order valence-corrected chi connectivity index (χ1v) is 9.19. The van der Waals surface area contributed by atoms with E-state index in [-0.39, 0.29) is 23.8 Å². The van der Waals surface area contributed by atoms with Crippen LogP contribution in [0.15, 0.2) is 42.0 Å². The number of amides is 1. The van der Waals surface area contributed by atoms with E-state index in [9.17, 15) is 9.59 Å². The highest BCUT2D eigenvalue weighted by Gasteiger charge is 2.26. The van der Waals surface area contributed by atoms with Crippen LogP contribution in [0.4, 0.5) is 0 Å². The molecule has 0 saturated carbocycles. The third-order valence-corrected chi connectivity index (χ3v) is 4.40. The summed E-state index contributed by atoms with van der Waals surface area (Å²) < 4.78 is 5.02. The number of aryl methyl sites for hydroxylation is 1. The predicted molar refractivity (Wildman–Crippen MR) is 105 cm³/mol. The van der Waals surface area contributed by atoms with Gasteiger partial charge in [-0.15, -0.1) is 0 Å². The number of carbonyl (C=O) groups is 2. The van der Waals surface area contributed by atoms with E-state index >= 15 is 0 Å². The minimum Gasteiger partial charge on any atom is -0.463 e. The van der Waals surface area contributed by atoms with Gasteiger partial charge < -0.3 is 15.4 Å². The number of carbonyl (C=O) groups excluding carboxylic acids is 2. The molecule has 1 aromatic carbocycles. The molecule has 0 aliphatic heterocycles. The smallest absolute Gasteiger partial charge is 0.333 e. The highest BCUT2D eigenvalue weighted by Crippen LogP contribution is 2.16. The van der Waals surface area contributed by atoms with Crippen molar-refractivity contribution < 1.29 is 14.3 Å².